The topological polar surface area (TPSA) is 43.5 Å². The highest BCUT2D eigenvalue weighted by molar-refractivity contribution is 6.27. The Balaban J connectivity index is 0.000000124. The summed E-state index contributed by atoms with van der Waals surface area (Å²) in [6, 6.07) is 1.42. The van der Waals surface area contributed by atoms with Gasteiger partial charge in [-0.25, -0.2) is 0 Å². The number of rotatable bonds is 4. The van der Waals surface area contributed by atoms with E-state index in [0.717, 1.165) is 33.0 Å². The maximum atomic E-state index is 5.23. The molecule has 0 bridgehead atoms. The Morgan fingerprint density at radius 2 is 1.73 bits per heavy atom. The minimum absolute atomic E-state index is 0.00849. The van der Waals surface area contributed by atoms with E-state index < -0.39 is 0 Å². The summed E-state index contributed by atoms with van der Waals surface area (Å²) in [6.45, 7) is 4.32. The molecule has 3 saturated heterocycles. The average molecular weight is 232 g/mol. The number of hydrogen-bond acceptors (Lipinski definition) is 4. The maximum absolute atomic E-state index is 5.23. The molecule has 88 valence electrons. The Labute approximate surface area is 93.2 Å². The second kappa shape index (κ2) is 6.60. The van der Waals surface area contributed by atoms with Crippen LogP contribution in [0.2, 0.25) is 6.04 Å². The smallest absolute Gasteiger partial charge is 0.161 e. The maximum Gasteiger partial charge on any atom is 0.161 e. The first-order valence-corrected chi connectivity index (χ1v) is 7.41. The van der Waals surface area contributed by atoms with Crippen molar-refractivity contribution in [1.29, 1.82) is 0 Å². The van der Waals surface area contributed by atoms with Crippen molar-refractivity contribution in [1.82, 2.24) is 0 Å². The molecule has 3 fully saturated rings. The summed E-state index contributed by atoms with van der Waals surface area (Å²) in [5, 5.41) is 0. The van der Waals surface area contributed by atoms with Gasteiger partial charge in [0.15, 0.2) is 9.76 Å². The van der Waals surface area contributed by atoms with Gasteiger partial charge >= 0.3 is 0 Å². The van der Waals surface area contributed by atoms with E-state index in [1.54, 1.807) is 0 Å². The monoisotopic (exact) mass is 232 g/mol. The van der Waals surface area contributed by atoms with Crippen LogP contribution in [-0.4, -0.2) is 55.0 Å². The fourth-order valence-electron chi connectivity index (χ4n) is 1.35. The lowest BCUT2D eigenvalue weighted by Crippen LogP contribution is -2.06. The van der Waals surface area contributed by atoms with E-state index in [0.29, 0.717) is 12.2 Å². The van der Waals surface area contributed by atoms with E-state index in [4.69, 9.17) is 18.6 Å². The van der Waals surface area contributed by atoms with Crippen molar-refractivity contribution in [2.75, 3.05) is 33.0 Å². The van der Waals surface area contributed by atoms with Crippen LogP contribution >= 0.6 is 0 Å². The molecule has 2 unspecified atom stereocenters. The van der Waals surface area contributed by atoms with Crippen LogP contribution in [0.5, 0.6) is 0 Å². The first-order chi connectivity index (χ1) is 7.45. The van der Waals surface area contributed by atoms with Gasteiger partial charge in [-0.2, -0.15) is 0 Å². The van der Waals surface area contributed by atoms with Crippen LogP contribution in [0.25, 0.3) is 0 Å². The van der Waals surface area contributed by atoms with Gasteiger partial charge in [-0.1, -0.05) is 6.42 Å². The van der Waals surface area contributed by atoms with Crippen LogP contribution in [0.4, 0.5) is 0 Å². The highest BCUT2D eigenvalue weighted by Crippen LogP contribution is 2.12. The molecule has 0 aliphatic carbocycles. The zero-order valence-electron chi connectivity index (χ0n) is 9.15. The SMILES string of the molecule is C(OCC1CO1)C1CO1.C1CC[SiH2]OC1. The van der Waals surface area contributed by atoms with E-state index >= 15 is 0 Å². The summed E-state index contributed by atoms with van der Waals surface area (Å²) in [5.74, 6) is 0. The number of ether oxygens (including phenoxy) is 3. The van der Waals surface area contributed by atoms with Gasteiger partial charge in [-0.3, -0.25) is 0 Å². The summed E-state index contributed by atoms with van der Waals surface area (Å²) >= 11 is 0. The first-order valence-electron chi connectivity index (χ1n) is 5.84. The molecule has 3 rings (SSSR count). The molecule has 0 N–H and O–H groups in total. The molecule has 3 heterocycles. The summed E-state index contributed by atoms with van der Waals surface area (Å²) in [7, 11) is 0.00849. The third-order valence-electron chi connectivity index (χ3n) is 2.49. The summed E-state index contributed by atoms with van der Waals surface area (Å²) in [6.07, 6.45) is 3.53. The largest absolute Gasteiger partial charge is 0.424 e. The standard InChI is InChI=1S/C6H10O3.C4H10OSi/c1(5-3-8-5)7-2-6-4-9-6;1-2-4-6-5-3-1/h5-6H,1-4H2;1-4,6H2. The second-order valence-corrected chi connectivity index (χ2v) is 5.64. The van der Waals surface area contributed by atoms with E-state index in [2.05, 4.69) is 0 Å². The van der Waals surface area contributed by atoms with Crippen molar-refractivity contribution in [2.45, 2.75) is 31.1 Å². The summed E-state index contributed by atoms with van der Waals surface area (Å²) in [4.78, 5) is 0. The van der Waals surface area contributed by atoms with E-state index in [9.17, 15) is 0 Å². The molecule has 0 spiro atoms. The third kappa shape index (κ3) is 6.27. The molecular formula is C10H20O4Si. The van der Waals surface area contributed by atoms with Crippen LogP contribution in [0, 0.1) is 0 Å². The van der Waals surface area contributed by atoms with Crippen molar-refractivity contribution >= 4 is 9.76 Å². The predicted molar refractivity (Wildman–Crippen MR) is 58.8 cm³/mol. The first kappa shape index (κ1) is 11.5. The highest BCUT2D eigenvalue weighted by atomic mass is 28.2. The number of epoxide rings is 2. The molecule has 0 amide bonds. The Morgan fingerprint density at radius 1 is 1.07 bits per heavy atom. The minimum atomic E-state index is 0.00849. The molecule has 0 saturated carbocycles. The minimum Gasteiger partial charge on any atom is -0.424 e. The lowest BCUT2D eigenvalue weighted by Gasteiger charge is -2.07. The van der Waals surface area contributed by atoms with Gasteiger partial charge < -0.3 is 18.6 Å². The van der Waals surface area contributed by atoms with Crippen molar-refractivity contribution in [3.8, 4) is 0 Å². The Hall–Kier alpha value is 0.0569. The van der Waals surface area contributed by atoms with Gasteiger partial charge in [0.05, 0.1) is 26.4 Å². The van der Waals surface area contributed by atoms with Gasteiger partial charge in [-0.15, -0.1) is 0 Å². The Bertz CT molecular complexity index is 143. The molecule has 0 radical (unpaired) electrons. The zero-order chi connectivity index (χ0) is 10.3. The van der Waals surface area contributed by atoms with Crippen molar-refractivity contribution < 1.29 is 18.6 Å². The van der Waals surface area contributed by atoms with Crippen molar-refractivity contribution in [2.24, 2.45) is 0 Å². The van der Waals surface area contributed by atoms with Gasteiger partial charge in [-0.05, 0) is 12.5 Å². The summed E-state index contributed by atoms with van der Waals surface area (Å²) in [5.41, 5.74) is 0. The van der Waals surface area contributed by atoms with Gasteiger partial charge in [0.1, 0.15) is 12.2 Å². The second-order valence-electron chi connectivity index (χ2n) is 4.12. The van der Waals surface area contributed by atoms with Crippen LogP contribution in [0.3, 0.4) is 0 Å². The van der Waals surface area contributed by atoms with Gasteiger partial charge in [0, 0.05) is 6.61 Å². The average Bonchev–Trinajstić information content (AvgIpc) is 3.16. The number of hydrogen-bond donors (Lipinski definition) is 0. The molecule has 0 aromatic carbocycles. The molecule has 3 aliphatic rings. The third-order valence-corrected chi connectivity index (χ3v) is 3.86. The van der Waals surface area contributed by atoms with Crippen molar-refractivity contribution in [3.05, 3.63) is 0 Å². The lowest BCUT2D eigenvalue weighted by atomic mass is 10.4. The van der Waals surface area contributed by atoms with E-state index in [1.165, 1.54) is 18.9 Å². The van der Waals surface area contributed by atoms with Crippen LogP contribution < -0.4 is 0 Å². The predicted octanol–water partition coefficient (Wildman–Crippen LogP) is 0.0995. The quantitative estimate of drug-likeness (QED) is 0.509. The van der Waals surface area contributed by atoms with Crippen LogP contribution in [0.15, 0.2) is 0 Å². The molecule has 3 aliphatic heterocycles. The van der Waals surface area contributed by atoms with Gasteiger partial charge in [0.2, 0.25) is 0 Å². The normalized spacial score (nSPS) is 34.4. The fraction of sp³-hybridized carbons (Fsp3) is 1.00. The molecule has 15 heavy (non-hydrogen) atoms. The molecule has 0 aromatic rings. The zero-order valence-corrected chi connectivity index (χ0v) is 10.6. The highest BCUT2D eigenvalue weighted by Gasteiger charge is 2.26. The molecule has 0 aromatic heterocycles. The van der Waals surface area contributed by atoms with E-state index in [1.807, 2.05) is 0 Å². The Kier molecular flexibility index (Phi) is 5.08. The summed E-state index contributed by atoms with van der Waals surface area (Å²) < 4.78 is 20.3. The van der Waals surface area contributed by atoms with Gasteiger partial charge in [0.25, 0.3) is 0 Å². The Morgan fingerprint density at radius 3 is 2.00 bits per heavy atom. The van der Waals surface area contributed by atoms with Crippen LogP contribution in [-0.2, 0) is 18.6 Å². The van der Waals surface area contributed by atoms with Crippen LogP contribution in [0.1, 0.15) is 12.8 Å². The molecule has 2 atom stereocenters. The molecule has 4 nitrogen and oxygen atoms in total. The molecule has 5 heteroatoms. The molecular weight excluding hydrogens is 212 g/mol. The fourth-order valence-corrected chi connectivity index (χ4v) is 2.52. The van der Waals surface area contributed by atoms with Crippen molar-refractivity contribution in [3.63, 3.8) is 0 Å². The lowest BCUT2D eigenvalue weighted by molar-refractivity contribution is 0.102. The van der Waals surface area contributed by atoms with E-state index in [-0.39, 0.29) is 9.76 Å².